The van der Waals surface area contributed by atoms with E-state index in [4.69, 9.17) is 23.8 Å². The number of aliphatic hydroxyl groups excluding tert-OH is 1. The third-order valence-electron chi connectivity index (χ3n) is 12.4. The van der Waals surface area contributed by atoms with Crippen molar-refractivity contribution in [3.8, 4) is 0 Å². The number of nitrogens with zero attached hydrogens (tertiary/aromatic N) is 1. The summed E-state index contributed by atoms with van der Waals surface area (Å²) in [5.41, 5.74) is 0.562. The molecule has 0 aromatic heterocycles. The maximum Gasteiger partial charge on any atom is 0.422 e. The van der Waals surface area contributed by atoms with Gasteiger partial charge in [0, 0.05) is 42.2 Å². The molecule has 2 bridgehead atoms. The predicted molar refractivity (Wildman–Crippen MR) is 239 cm³/mol. The first-order valence-corrected chi connectivity index (χ1v) is 22.5. The number of hydrogen-bond donors (Lipinski definition) is 3. The highest BCUT2D eigenvalue weighted by Crippen LogP contribution is 2.59. The van der Waals surface area contributed by atoms with Crippen molar-refractivity contribution < 1.29 is 70.8 Å². The molecular formula is C51H52F3N3O12. The molecule has 3 N–H and O–H groups in total. The molecule has 4 fully saturated rings. The Bertz CT molecular complexity index is 2530. The van der Waals surface area contributed by atoms with Crippen molar-refractivity contribution in [2.75, 3.05) is 13.2 Å². The first-order chi connectivity index (χ1) is 32.9. The monoisotopic (exact) mass is 955 g/mol. The predicted octanol–water partition coefficient (Wildman–Crippen LogP) is 5.82. The standard InChI is InChI=1S/C51H52F3N3O12/c1-48(2,3)66-40(60)24-22-37(29-58)56-45(61)33-16-12-13-31(25-33)27-55-47(63)49-26-38-41-42(68-51(67-41,35-17-6-4-7-18-35)36-19-8-5-9-20-36)44(49)69-57(43(49)46(62)65-38)28-34-15-11-10-14-32(34)21-23-39(59)64-30-50(52,53)54/h4-21,23,25,37-38,41-44,58H,22,24,26-30H2,1-3H3,(H,55,63)(H,56,61). The SMILES string of the molecule is CC(C)(C)OC(=O)CCC(CO)NC(=O)c1cccc(CNC(=O)C23CC4OC(=O)C2N(Cc2ccccc2C=CC(=O)OCC(F)(F)F)OC3C2OC(c3ccccc3)(c3ccccc3)OC42)c1. The van der Waals surface area contributed by atoms with Gasteiger partial charge in [-0.2, -0.15) is 18.2 Å². The Morgan fingerprint density at radius 3 is 2.23 bits per heavy atom. The van der Waals surface area contributed by atoms with E-state index in [0.717, 1.165) is 6.08 Å². The van der Waals surface area contributed by atoms with Crippen LogP contribution in [-0.2, 0) is 66.6 Å². The van der Waals surface area contributed by atoms with Crippen molar-refractivity contribution in [2.45, 2.75) is 107 Å². The number of carbonyl (C=O) groups excluding carboxylic acids is 5. The lowest BCUT2D eigenvalue weighted by Crippen LogP contribution is -2.69. The summed E-state index contributed by atoms with van der Waals surface area (Å²) < 4.78 is 68.1. The highest BCUT2D eigenvalue weighted by Gasteiger charge is 2.76. The van der Waals surface area contributed by atoms with Crippen LogP contribution in [-0.4, -0.2) is 101 Å². The van der Waals surface area contributed by atoms with E-state index >= 15 is 4.79 Å². The average molecular weight is 956 g/mol. The van der Waals surface area contributed by atoms with Gasteiger partial charge in [0.2, 0.25) is 11.7 Å². The van der Waals surface area contributed by atoms with E-state index in [0.29, 0.717) is 27.8 Å². The van der Waals surface area contributed by atoms with Crippen molar-refractivity contribution in [1.29, 1.82) is 0 Å². The molecule has 3 aliphatic heterocycles. The Morgan fingerprint density at radius 2 is 1.57 bits per heavy atom. The van der Waals surface area contributed by atoms with Crippen molar-refractivity contribution in [1.82, 2.24) is 15.7 Å². The summed E-state index contributed by atoms with van der Waals surface area (Å²) in [6, 6.07) is 29.5. The first-order valence-electron chi connectivity index (χ1n) is 22.5. The number of ether oxygens (including phenoxy) is 5. The second kappa shape index (κ2) is 19.9. The van der Waals surface area contributed by atoms with Crippen LogP contribution in [0.5, 0.6) is 0 Å². The largest absolute Gasteiger partial charge is 0.460 e. The Morgan fingerprint density at radius 1 is 0.899 bits per heavy atom. The van der Waals surface area contributed by atoms with Crippen LogP contribution in [0.2, 0.25) is 0 Å². The van der Waals surface area contributed by atoms with Crippen molar-refractivity contribution >= 4 is 35.8 Å². The number of nitrogens with one attached hydrogen (secondary N) is 2. The zero-order valence-corrected chi connectivity index (χ0v) is 38.0. The minimum absolute atomic E-state index is 0.0270. The summed E-state index contributed by atoms with van der Waals surface area (Å²) >= 11 is 0. The van der Waals surface area contributed by atoms with Gasteiger partial charge in [-0.05, 0) is 62.1 Å². The van der Waals surface area contributed by atoms with Crippen LogP contribution >= 0.6 is 0 Å². The normalized spacial score (nSPS) is 24.2. The summed E-state index contributed by atoms with van der Waals surface area (Å²) in [6.07, 6.45) is -6.54. The van der Waals surface area contributed by atoms with Crippen molar-refractivity contribution in [2.24, 2.45) is 5.41 Å². The Kier molecular flexibility index (Phi) is 14.1. The van der Waals surface area contributed by atoms with E-state index in [1.807, 2.05) is 60.7 Å². The number of benzene rings is 4. The fourth-order valence-corrected chi connectivity index (χ4v) is 9.39. The van der Waals surface area contributed by atoms with Gasteiger partial charge in [-0.25, -0.2) is 4.79 Å². The van der Waals surface area contributed by atoms with Gasteiger partial charge in [0.25, 0.3) is 5.91 Å². The topological polar surface area (TPSA) is 188 Å². The van der Waals surface area contributed by atoms with E-state index in [9.17, 15) is 37.5 Å². The van der Waals surface area contributed by atoms with Crippen LogP contribution in [0.3, 0.4) is 0 Å². The molecule has 1 saturated carbocycles. The van der Waals surface area contributed by atoms with Gasteiger partial charge in [-0.15, -0.1) is 0 Å². The van der Waals surface area contributed by atoms with Crippen molar-refractivity contribution in [3.05, 3.63) is 149 Å². The van der Waals surface area contributed by atoms with Gasteiger partial charge in [-0.3, -0.25) is 24.0 Å². The highest BCUT2D eigenvalue weighted by molar-refractivity contribution is 5.95. The second-order valence-corrected chi connectivity index (χ2v) is 18.4. The molecule has 7 atom stereocenters. The lowest BCUT2D eigenvalue weighted by molar-refractivity contribution is -0.213. The van der Waals surface area contributed by atoms with E-state index in [1.165, 1.54) is 11.1 Å². The fraction of sp³-hybridized carbons (Fsp3) is 0.392. The van der Waals surface area contributed by atoms with E-state index in [-0.39, 0.29) is 37.9 Å². The number of aliphatic hydroxyl groups is 1. The molecule has 0 spiro atoms. The van der Waals surface area contributed by atoms with Gasteiger partial charge >= 0.3 is 24.1 Å². The highest BCUT2D eigenvalue weighted by atomic mass is 19.4. The molecule has 18 heteroatoms. The smallest absolute Gasteiger partial charge is 0.422 e. The summed E-state index contributed by atoms with van der Waals surface area (Å²) in [7, 11) is 0. The van der Waals surface area contributed by atoms with Gasteiger partial charge < -0.3 is 39.4 Å². The Labute approximate surface area is 395 Å². The molecule has 15 nitrogen and oxygen atoms in total. The zero-order valence-electron chi connectivity index (χ0n) is 38.0. The molecule has 4 aliphatic rings. The molecule has 4 aromatic rings. The summed E-state index contributed by atoms with van der Waals surface area (Å²) in [6.45, 7) is 2.80. The van der Waals surface area contributed by atoms with E-state index in [1.54, 1.807) is 69.3 Å². The number of amides is 2. The molecule has 2 amide bonds. The molecule has 364 valence electrons. The molecule has 69 heavy (non-hydrogen) atoms. The number of rotatable bonds is 16. The molecule has 7 unspecified atom stereocenters. The van der Waals surface area contributed by atoms with Gasteiger partial charge in [0.15, 0.2) is 12.6 Å². The molecule has 0 radical (unpaired) electrons. The maximum atomic E-state index is 15.2. The average Bonchev–Trinajstić information content (AvgIpc) is 3.91. The molecule has 3 saturated heterocycles. The lowest BCUT2D eigenvalue weighted by atomic mass is 9.62. The maximum absolute atomic E-state index is 15.2. The molecule has 3 heterocycles. The van der Waals surface area contributed by atoms with Crippen molar-refractivity contribution in [3.63, 3.8) is 0 Å². The first kappa shape index (κ1) is 49.0. The summed E-state index contributed by atoms with van der Waals surface area (Å²) in [4.78, 5) is 74.4. The van der Waals surface area contributed by atoms with Crippen LogP contribution < -0.4 is 10.6 Å². The second-order valence-electron chi connectivity index (χ2n) is 18.4. The van der Waals surface area contributed by atoms with Crippen LogP contribution in [0.15, 0.2) is 115 Å². The minimum atomic E-state index is -4.71. The molecule has 8 rings (SSSR count). The Balaban J connectivity index is 1.08. The van der Waals surface area contributed by atoms with Crippen LogP contribution in [0, 0.1) is 5.41 Å². The van der Waals surface area contributed by atoms with Gasteiger partial charge in [0.05, 0.1) is 19.2 Å². The minimum Gasteiger partial charge on any atom is -0.460 e. The summed E-state index contributed by atoms with van der Waals surface area (Å²) in [5, 5.41) is 17.1. The quantitative estimate of drug-likeness (QED) is 0.0694. The van der Waals surface area contributed by atoms with Crippen LogP contribution in [0.4, 0.5) is 13.2 Å². The number of hydroxylamine groups is 2. The molecule has 4 aromatic carbocycles. The number of hydrogen-bond acceptors (Lipinski definition) is 13. The number of fused-ring (bicyclic) bond motifs is 4. The van der Waals surface area contributed by atoms with Crippen LogP contribution in [0.1, 0.15) is 78.2 Å². The van der Waals surface area contributed by atoms with Gasteiger partial charge in [-0.1, -0.05) is 97.1 Å². The van der Waals surface area contributed by atoms with Gasteiger partial charge in [0.1, 0.15) is 35.4 Å². The molecule has 1 aliphatic carbocycles. The van der Waals surface area contributed by atoms with E-state index < -0.39 is 102 Å². The zero-order chi connectivity index (χ0) is 49.1. The Hall–Kier alpha value is -6.44. The fourth-order valence-electron chi connectivity index (χ4n) is 9.39. The number of carbonyl (C=O) groups is 5. The number of alkyl halides is 3. The molecular weight excluding hydrogens is 904 g/mol. The lowest BCUT2D eigenvalue weighted by Gasteiger charge is -2.48. The third-order valence-corrected chi connectivity index (χ3v) is 12.4. The van der Waals surface area contributed by atoms with E-state index in [2.05, 4.69) is 15.4 Å². The van der Waals surface area contributed by atoms with Crippen LogP contribution in [0.25, 0.3) is 6.08 Å². The summed E-state index contributed by atoms with van der Waals surface area (Å²) in [5.74, 6) is -5.06. The number of esters is 3. The number of halogens is 3. The third kappa shape index (κ3) is 10.6.